The maximum atomic E-state index is 12.6. The molecule has 0 aromatic heterocycles. The lowest BCUT2D eigenvalue weighted by Gasteiger charge is -2.26. The molecule has 2 amide bonds. The third kappa shape index (κ3) is 3.71. The Bertz CT molecular complexity index is 888. The Hall–Kier alpha value is -2.04. The zero-order chi connectivity index (χ0) is 19.1. The fourth-order valence-corrected chi connectivity index (χ4v) is 3.23. The van der Waals surface area contributed by atoms with Gasteiger partial charge < -0.3 is 10.2 Å². The van der Waals surface area contributed by atoms with Gasteiger partial charge in [-0.25, -0.2) is 0 Å². The van der Waals surface area contributed by atoms with Crippen LogP contribution in [0, 0.1) is 5.41 Å². The highest BCUT2D eigenvalue weighted by Crippen LogP contribution is 2.33. The molecule has 6 heteroatoms. The molecule has 3 rings (SSSR count). The van der Waals surface area contributed by atoms with E-state index in [0.29, 0.717) is 27.8 Å². The molecule has 0 fully saturated rings. The zero-order valence-electron chi connectivity index (χ0n) is 14.9. The van der Waals surface area contributed by atoms with Crippen LogP contribution in [0.25, 0.3) is 0 Å². The molecule has 0 spiro atoms. The Balaban J connectivity index is 1.79. The van der Waals surface area contributed by atoms with Crippen molar-refractivity contribution < 1.29 is 9.59 Å². The Morgan fingerprint density at radius 1 is 1.04 bits per heavy atom. The summed E-state index contributed by atoms with van der Waals surface area (Å²) in [4.78, 5) is 26.8. The summed E-state index contributed by atoms with van der Waals surface area (Å²) in [6.45, 7) is 6.41. The van der Waals surface area contributed by atoms with Gasteiger partial charge in [0.25, 0.3) is 5.91 Å². The van der Waals surface area contributed by atoms with E-state index >= 15 is 0 Å². The lowest BCUT2D eigenvalue weighted by Crippen LogP contribution is -2.38. The largest absolute Gasteiger partial charge is 0.322 e. The number of hydrogen-bond acceptors (Lipinski definition) is 2. The summed E-state index contributed by atoms with van der Waals surface area (Å²) in [5.74, 6) is -0.159. The number of fused-ring (bicyclic) bond motifs is 1. The van der Waals surface area contributed by atoms with Gasteiger partial charge in [0.2, 0.25) is 5.91 Å². The van der Waals surface area contributed by atoms with Gasteiger partial charge in [-0.15, -0.1) is 0 Å². The van der Waals surface area contributed by atoms with Crippen LogP contribution in [0.3, 0.4) is 0 Å². The molecular formula is C20H20Cl2N2O2. The van der Waals surface area contributed by atoms with Crippen molar-refractivity contribution >= 4 is 46.4 Å². The summed E-state index contributed by atoms with van der Waals surface area (Å²) in [6, 6.07) is 10.4. The Labute approximate surface area is 163 Å². The maximum absolute atomic E-state index is 12.6. The fourth-order valence-electron chi connectivity index (χ4n) is 2.94. The number of rotatable bonds is 2. The molecule has 2 aromatic carbocycles. The van der Waals surface area contributed by atoms with E-state index < -0.39 is 5.41 Å². The summed E-state index contributed by atoms with van der Waals surface area (Å²) in [6.07, 6.45) is 0.771. The molecule has 1 aliphatic heterocycles. The first-order valence-electron chi connectivity index (χ1n) is 8.38. The second-order valence-electron chi connectivity index (χ2n) is 7.38. The van der Waals surface area contributed by atoms with Gasteiger partial charge in [-0.05, 0) is 48.4 Å². The number of nitrogens with zero attached hydrogens (tertiary/aromatic N) is 1. The Kier molecular flexibility index (Phi) is 5.00. The minimum Gasteiger partial charge on any atom is -0.322 e. The van der Waals surface area contributed by atoms with Crippen LogP contribution in [0.1, 0.15) is 36.7 Å². The van der Waals surface area contributed by atoms with Crippen LogP contribution < -0.4 is 10.2 Å². The van der Waals surface area contributed by atoms with E-state index in [4.69, 9.17) is 23.2 Å². The minimum atomic E-state index is -0.428. The van der Waals surface area contributed by atoms with Crippen LogP contribution in [0.15, 0.2) is 36.4 Å². The zero-order valence-corrected chi connectivity index (χ0v) is 16.4. The fraction of sp³-hybridized carbons (Fsp3) is 0.300. The molecule has 26 heavy (non-hydrogen) atoms. The number of anilines is 2. The average Bonchev–Trinajstić information content (AvgIpc) is 2.98. The van der Waals surface area contributed by atoms with Gasteiger partial charge in [-0.3, -0.25) is 9.59 Å². The minimum absolute atomic E-state index is 0.101. The molecule has 136 valence electrons. The molecule has 1 aliphatic rings. The standard InChI is InChI=1S/C20H20Cl2N2O2/c1-20(2,3)19(26)24-9-8-12-10-14(5-7-17(12)24)23-18(25)13-4-6-15(21)16(22)11-13/h4-7,10-11H,8-9H2,1-3H3,(H,23,25). The van der Waals surface area contributed by atoms with E-state index in [1.54, 1.807) is 12.1 Å². The number of carbonyl (C=O) groups excluding carboxylic acids is 2. The summed E-state index contributed by atoms with van der Waals surface area (Å²) in [5, 5.41) is 3.61. The number of amides is 2. The van der Waals surface area contributed by atoms with E-state index in [1.165, 1.54) is 6.07 Å². The van der Waals surface area contributed by atoms with E-state index in [9.17, 15) is 9.59 Å². The normalized spacial score (nSPS) is 13.5. The Morgan fingerprint density at radius 2 is 1.77 bits per heavy atom. The van der Waals surface area contributed by atoms with Gasteiger partial charge in [0, 0.05) is 28.9 Å². The molecular weight excluding hydrogens is 371 g/mol. The van der Waals surface area contributed by atoms with Crippen molar-refractivity contribution in [2.24, 2.45) is 5.41 Å². The first kappa shape index (κ1) is 18.7. The monoisotopic (exact) mass is 390 g/mol. The first-order valence-corrected chi connectivity index (χ1v) is 9.14. The van der Waals surface area contributed by atoms with E-state index in [1.807, 2.05) is 43.9 Å². The second-order valence-corrected chi connectivity index (χ2v) is 8.20. The van der Waals surface area contributed by atoms with Gasteiger partial charge in [0.15, 0.2) is 0 Å². The van der Waals surface area contributed by atoms with Gasteiger partial charge in [0.05, 0.1) is 10.0 Å². The smallest absolute Gasteiger partial charge is 0.255 e. The van der Waals surface area contributed by atoms with Crippen LogP contribution in [0.2, 0.25) is 10.0 Å². The van der Waals surface area contributed by atoms with Crippen molar-refractivity contribution in [2.45, 2.75) is 27.2 Å². The lowest BCUT2D eigenvalue weighted by atomic mass is 9.94. The second kappa shape index (κ2) is 6.93. The topological polar surface area (TPSA) is 49.4 Å². The predicted octanol–water partition coefficient (Wildman–Crippen LogP) is 5.18. The van der Waals surface area contributed by atoms with Crippen molar-refractivity contribution in [3.05, 3.63) is 57.6 Å². The number of nitrogens with one attached hydrogen (secondary N) is 1. The van der Waals surface area contributed by atoms with Crippen molar-refractivity contribution in [1.82, 2.24) is 0 Å². The predicted molar refractivity (Wildman–Crippen MR) is 106 cm³/mol. The van der Waals surface area contributed by atoms with Gasteiger partial charge >= 0.3 is 0 Å². The third-order valence-corrected chi connectivity index (χ3v) is 5.04. The average molecular weight is 391 g/mol. The SMILES string of the molecule is CC(C)(C)C(=O)N1CCc2cc(NC(=O)c3ccc(Cl)c(Cl)c3)ccc21. The van der Waals surface area contributed by atoms with Crippen LogP contribution in [-0.4, -0.2) is 18.4 Å². The van der Waals surface area contributed by atoms with Crippen molar-refractivity contribution in [2.75, 3.05) is 16.8 Å². The summed E-state index contributed by atoms with van der Waals surface area (Å²) < 4.78 is 0. The molecule has 0 bridgehead atoms. The van der Waals surface area contributed by atoms with Crippen molar-refractivity contribution in [3.63, 3.8) is 0 Å². The van der Waals surface area contributed by atoms with Crippen molar-refractivity contribution in [1.29, 1.82) is 0 Å². The molecule has 1 heterocycles. The van der Waals surface area contributed by atoms with Gasteiger partial charge in [0.1, 0.15) is 0 Å². The lowest BCUT2D eigenvalue weighted by molar-refractivity contribution is -0.125. The maximum Gasteiger partial charge on any atom is 0.255 e. The number of benzene rings is 2. The highest BCUT2D eigenvalue weighted by Gasteiger charge is 2.32. The highest BCUT2D eigenvalue weighted by atomic mass is 35.5. The number of hydrogen-bond donors (Lipinski definition) is 1. The van der Waals surface area contributed by atoms with E-state index in [-0.39, 0.29) is 11.8 Å². The van der Waals surface area contributed by atoms with E-state index in [0.717, 1.165) is 17.7 Å². The van der Waals surface area contributed by atoms with Gasteiger partial charge in [-0.2, -0.15) is 0 Å². The first-order chi connectivity index (χ1) is 12.2. The summed E-state index contributed by atoms with van der Waals surface area (Å²) in [7, 11) is 0. The molecule has 0 aliphatic carbocycles. The number of carbonyl (C=O) groups is 2. The quantitative estimate of drug-likeness (QED) is 0.767. The summed E-state index contributed by atoms with van der Waals surface area (Å²) in [5.41, 5.74) is 2.66. The molecule has 0 unspecified atom stereocenters. The highest BCUT2D eigenvalue weighted by molar-refractivity contribution is 6.42. The third-order valence-electron chi connectivity index (χ3n) is 4.30. The van der Waals surface area contributed by atoms with E-state index in [2.05, 4.69) is 5.32 Å². The molecule has 0 radical (unpaired) electrons. The van der Waals surface area contributed by atoms with Crippen LogP contribution in [0.5, 0.6) is 0 Å². The van der Waals surface area contributed by atoms with Gasteiger partial charge in [-0.1, -0.05) is 44.0 Å². The number of halogens is 2. The molecule has 0 saturated heterocycles. The molecule has 4 nitrogen and oxygen atoms in total. The molecule has 1 N–H and O–H groups in total. The van der Waals surface area contributed by atoms with Crippen LogP contribution >= 0.6 is 23.2 Å². The molecule has 0 atom stereocenters. The van der Waals surface area contributed by atoms with Crippen LogP contribution in [0.4, 0.5) is 11.4 Å². The van der Waals surface area contributed by atoms with Crippen LogP contribution in [-0.2, 0) is 11.2 Å². The summed E-state index contributed by atoms with van der Waals surface area (Å²) >= 11 is 11.9. The molecule has 0 saturated carbocycles. The Morgan fingerprint density at radius 3 is 2.42 bits per heavy atom. The van der Waals surface area contributed by atoms with Crippen molar-refractivity contribution in [3.8, 4) is 0 Å². The molecule has 2 aromatic rings.